The second-order valence-electron chi connectivity index (χ2n) is 5.92. The first-order valence-electron chi connectivity index (χ1n) is 8.53. The monoisotopic (exact) mass is 376 g/mol. The number of ether oxygens (including phenoxy) is 1. The Bertz CT molecular complexity index is 976. The lowest BCUT2D eigenvalue weighted by atomic mass is 10.0. The minimum atomic E-state index is -0.268. The Labute approximate surface area is 163 Å². The molecule has 1 amide bonds. The summed E-state index contributed by atoms with van der Waals surface area (Å²) >= 11 is 5.18. The molecule has 0 saturated carbocycles. The highest BCUT2D eigenvalue weighted by Crippen LogP contribution is 2.19. The van der Waals surface area contributed by atoms with Crippen LogP contribution in [0.25, 0.3) is 16.8 Å². The molecule has 0 unspecified atom stereocenters. The Morgan fingerprint density at radius 2 is 1.78 bits per heavy atom. The van der Waals surface area contributed by atoms with Gasteiger partial charge in [0, 0.05) is 12.6 Å². The van der Waals surface area contributed by atoms with Gasteiger partial charge in [-0.25, -0.2) is 0 Å². The van der Waals surface area contributed by atoms with Crippen LogP contribution in [0.4, 0.5) is 0 Å². The van der Waals surface area contributed by atoms with Gasteiger partial charge in [0.25, 0.3) is 0 Å². The molecule has 2 N–H and O–H groups in total. The number of rotatable bonds is 5. The summed E-state index contributed by atoms with van der Waals surface area (Å²) in [5.41, 5.74) is 2.03. The summed E-state index contributed by atoms with van der Waals surface area (Å²) in [4.78, 5) is 12.1. The summed E-state index contributed by atoms with van der Waals surface area (Å²) in [5.74, 6) is 0.531. The molecule has 0 aliphatic carbocycles. The maximum Gasteiger partial charge on any atom is 0.250 e. The number of methoxy groups -OCH3 is 1. The molecule has 0 heterocycles. The van der Waals surface area contributed by atoms with E-state index < -0.39 is 0 Å². The van der Waals surface area contributed by atoms with Gasteiger partial charge in [0.05, 0.1) is 7.11 Å². The molecule has 0 atom stereocenters. The van der Waals surface area contributed by atoms with E-state index in [0.717, 1.165) is 27.6 Å². The van der Waals surface area contributed by atoms with Crippen LogP contribution >= 0.6 is 12.2 Å². The van der Waals surface area contributed by atoms with E-state index in [1.807, 2.05) is 66.7 Å². The first kappa shape index (κ1) is 18.6. The molecule has 0 aliphatic rings. The highest BCUT2D eigenvalue weighted by atomic mass is 32.1. The van der Waals surface area contributed by atoms with Crippen molar-refractivity contribution in [1.29, 1.82) is 0 Å². The van der Waals surface area contributed by atoms with Crippen molar-refractivity contribution in [2.45, 2.75) is 6.54 Å². The lowest BCUT2D eigenvalue weighted by Crippen LogP contribution is -2.37. The van der Waals surface area contributed by atoms with Crippen molar-refractivity contribution >= 4 is 40.1 Å². The van der Waals surface area contributed by atoms with Crippen molar-refractivity contribution in [3.05, 3.63) is 83.9 Å². The average molecular weight is 376 g/mol. The molecule has 3 rings (SSSR count). The van der Waals surface area contributed by atoms with Crippen LogP contribution in [-0.4, -0.2) is 18.1 Å². The fourth-order valence-corrected chi connectivity index (χ4v) is 2.86. The number of fused-ring (bicyclic) bond motifs is 1. The number of amides is 1. The minimum absolute atomic E-state index is 0.268. The van der Waals surface area contributed by atoms with E-state index in [9.17, 15) is 4.79 Å². The van der Waals surface area contributed by atoms with E-state index >= 15 is 0 Å². The molecule has 0 saturated heterocycles. The van der Waals surface area contributed by atoms with Gasteiger partial charge >= 0.3 is 0 Å². The molecule has 4 nitrogen and oxygen atoms in total. The predicted molar refractivity (Wildman–Crippen MR) is 114 cm³/mol. The first-order chi connectivity index (χ1) is 13.2. The minimum Gasteiger partial charge on any atom is -0.497 e. The van der Waals surface area contributed by atoms with E-state index in [0.29, 0.717) is 11.7 Å². The van der Waals surface area contributed by atoms with Gasteiger partial charge in [0.2, 0.25) is 5.91 Å². The summed E-state index contributed by atoms with van der Waals surface area (Å²) in [7, 11) is 1.63. The Morgan fingerprint density at radius 3 is 2.56 bits per heavy atom. The number of thiocarbonyl (C=S) groups is 1. The third kappa shape index (κ3) is 5.15. The molecular formula is C22H20N2O2S. The van der Waals surface area contributed by atoms with Gasteiger partial charge in [-0.05, 0) is 52.3 Å². The van der Waals surface area contributed by atoms with Gasteiger partial charge in [0.15, 0.2) is 5.11 Å². The van der Waals surface area contributed by atoms with Crippen molar-refractivity contribution in [2.75, 3.05) is 7.11 Å². The maximum absolute atomic E-state index is 12.1. The molecular weight excluding hydrogens is 356 g/mol. The summed E-state index contributed by atoms with van der Waals surface area (Å²) in [6.07, 6.45) is 3.28. The highest BCUT2D eigenvalue weighted by Gasteiger charge is 2.02. The zero-order chi connectivity index (χ0) is 19.1. The standard InChI is InChI=1S/C22H20N2O2S/c1-26-19-12-9-16(10-13-19)15-23-22(27)24-21(25)14-11-18-7-4-6-17-5-2-3-8-20(17)18/h2-14H,15H2,1H3,(H2,23,24,25,27)/b14-11+. The maximum atomic E-state index is 12.1. The van der Waals surface area contributed by atoms with E-state index in [1.165, 1.54) is 6.08 Å². The van der Waals surface area contributed by atoms with E-state index in [-0.39, 0.29) is 5.91 Å². The smallest absolute Gasteiger partial charge is 0.250 e. The third-order valence-electron chi connectivity index (χ3n) is 4.09. The lowest BCUT2D eigenvalue weighted by molar-refractivity contribution is -0.115. The molecule has 0 spiro atoms. The molecule has 0 fully saturated rings. The van der Waals surface area contributed by atoms with E-state index in [4.69, 9.17) is 17.0 Å². The number of carbonyl (C=O) groups is 1. The van der Waals surface area contributed by atoms with Crippen LogP contribution in [0, 0.1) is 0 Å². The average Bonchev–Trinajstić information content (AvgIpc) is 2.71. The molecule has 0 aromatic heterocycles. The summed E-state index contributed by atoms with van der Waals surface area (Å²) in [5, 5.41) is 8.21. The normalized spacial score (nSPS) is 10.7. The topological polar surface area (TPSA) is 50.4 Å². The van der Waals surface area contributed by atoms with E-state index in [2.05, 4.69) is 10.6 Å². The van der Waals surface area contributed by atoms with Crippen LogP contribution in [0.3, 0.4) is 0 Å². The molecule has 3 aromatic rings. The highest BCUT2D eigenvalue weighted by molar-refractivity contribution is 7.80. The molecule has 5 heteroatoms. The number of hydrogen-bond acceptors (Lipinski definition) is 3. The lowest BCUT2D eigenvalue weighted by Gasteiger charge is -2.09. The van der Waals surface area contributed by atoms with Crippen LogP contribution in [0.1, 0.15) is 11.1 Å². The van der Waals surface area contributed by atoms with E-state index in [1.54, 1.807) is 13.2 Å². The number of nitrogens with one attached hydrogen (secondary N) is 2. The fourth-order valence-electron chi connectivity index (χ4n) is 2.68. The van der Waals surface area contributed by atoms with Crippen LogP contribution in [0.5, 0.6) is 5.75 Å². The Kier molecular flexibility index (Phi) is 6.18. The Balaban J connectivity index is 1.54. The molecule has 0 aliphatic heterocycles. The number of hydrogen-bond donors (Lipinski definition) is 2. The number of benzene rings is 3. The molecule has 0 radical (unpaired) electrons. The summed E-state index contributed by atoms with van der Waals surface area (Å²) in [6.45, 7) is 0.524. The Hall–Kier alpha value is -3.18. The molecule has 27 heavy (non-hydrogen) atoms. The molecule has 3 aromatic carbocycles. The zero-order valence-corrected chi connectivity index (χ0v) is 15.8. The van der Waals surface area contributed by atoms with Crippen molar-refractivity contribution in [2.24, 2.45) is 0 Å². The van der Waals surface area contributed by atoms with Crippen LogP contribution < -0.4 is 15.4 Å². The fraction of sp³-hybridized carbons (Fsp3) is 0.0909. The van der Waals surface area contributed by atoms with Gasteiger partial charge < -0.3 is 10.1 Å². The first-order valence-corrected chi connectivity index (χ1v) is 8.94. The molecule has 0 bridgehead atoms. The predicted octanol–water partition coefficient (Wildman–Crippen LogP) is 4.05. The van der Waals surface area contributed by atoms with Crippen molar-refractivity contribution in [3.8, 4) is 5.75 Å². The third-order valence-corrected chi connectivity index (χ3v) is 4.33. The van der Waals surface area contributed by atoms with Crippen molar-refractivity contribution < 1.29 is 9.53 Å². The van der Waals surface area contributed by atoms with Crippen LogP contribution in [0.2, 0.25) is 0 Å². The SMILES string of the molecule is COc1ccc(CNC(=S)NC(=O)/C=C/c2cccc3ccccc23)cc1. The summed E-state index contributed by atoms with van der Waals surface area (Å²) < 4.78 is 5.13. The zero-order valence-electron chi connectivity index (χ0n) is 14.9. The quantitative estimate of drug-likeness (QED) is 0.521. The van der Waals surface area contributed by atoms with Crippen molar-refractivity contribution in [3.63, 3.8) is 0 Å². The number of carbonyl (C=O) groups excluding carboxylic acids is 1. The van der Waals surface area contributed by atoms with Gasteiger partial charge in [-0.1, -0.05) is 54.6 Å². The van der Waals surface area contributed by atoms with Crippen molar-refractivity contribution in [1.82, 2.24) is 10.6 Å². The van der Waals surface area contributed by atoms with Crippen LogP contribution in [0.15, 0.2) is 72.8 Å². The Morgan fingerprint density at radius 1 is 1.04 bits per heavy atom. The van der Waals surface area contributed by atoms with Gasteiger partial charge in [-0.3, -0.25) is 10.1 Å². The van der Waals surface area contributed by atoms with Gasteiger partial charge in [0.1, 0.15) is 5.75 Å². The summed E-state index contributed by atoms with van der Waals surface area (Å²) in [6, 6.07) is 21.7. The van der Waals surface area contributed by atoms with Crippen LogP contribution in [-0.2, 0) is 11.3 Å². The van der Waals surface area contributed by atoms with Gasteiger partial charge in [-0.2, -0.15) is 0 Å². The largest absolute Gasteiger partial charge is 0.497 e. The second kappa shape index (κ2) is 8.96. The molecule has 136 valence electrons. The van der Waals surface area contributed by atoms with Gasteiger partial charge in [-0.15, -0.1) is 0 Å². The second-order valence-corrected chi connectivity index (χ2v) is 6.33.